The van der Waals surface area contributed by atoms with Crippen molar-refractivity contribution in [3.05, 3.63) is 68.0 Å². The first kappa shape index (κ1) is 14.6. The van der Waals surface area contributed by atoms with Crippen molar-refractivity contribution in [3.8, 4) is 0 Å². The minimum absolute atomic E-state index is 0.0358. The van der Waals surface area contributed by atoms with Gasteiger partial charge in [-0.25, -0.2) is 4.79 Å². The summed E-state index contributed by atoms with van der Waals surface area (Å²) in [5.41, 5.74) is 0.0740. The minimum atomic E-state index is -0.529. The Hall–Kier alpha value is -1.85. The van der Waals surface area contributed by atoms with Gasteiger partial charge in [0, 0.05) is 6.07 Å². The number of halogens is 1. The van der Waals surface area contributed by atoms with Gasteiger partial charge in [0.15, 0.2) is 0 Å². The van der Waals surface area contributed by atoms with Crippen molar-refractivity contribution in [2.24, 2.45) is 0 Å². The summed E-state index contributed by atoms with van der Waals surface area (Å²) in [4.78, 5) is 25.8. The molecule has 0 amide bonds. The van der Waals surface area contributed by atoms with Crippen LogP contribution < -0.4 is 11.2 Å². The summed E-state index contributed by atoms with van der Waals surface area (Å²) in [6.45, 7) is 2.44. The first-order valence-electron chi connectivity index (χ1n) is 6.21. The highest BCUT2D eigenvalue weighted by atomic mass is 35.5. The van der Waals surface area contributed by atoms with Gasteiger partial charge in [-0.05, 0) is 12.5 Å². The Morgan fingerprint density at radius 3 is 2.65 bits per heavy atom. The number of ether oxygens (including phenoxy) is 1. The molecule has 1 aromatic heterocycles. The summed E-state index contributed by atoms with van der Waals surface area (Å²) >= 11 is 5.61. The second-order valence-corrected chi connectivity index (χ2v) is 4.89. The van der Waals surface area contributed by atoms with Gasteiger partial charge >= 0.3 is 5.69 Å². The maximum absolute atomic E-state index is 11.7. The topological polar surface area (TPSA) is 64.1 Å². The Morgan fingerprint density at radius 2 is 2.00 bits per heavy atom. The molecule has 20 heavy (non-hydrogen) atoms. The molecule has 2 rings (SSSR count). The van der Waals surface area contributed by atoms with Crippen LogP contribution in [-0.4, -0.2) is 16.2 Å². The molecule has 2 aromatic rings. The Labute approximate surface area is 120 Å². The zero-order chi connectivity index (χ0) is 14.5. The quantitative estimate of drug-likeness (QED) is 0.858. The number of nitrogens with one attached hydrogen (secondary N) is 1. The molecule has 5 nitrogen and oxygen atoms in total. The average Bonchev–Trinajstić information content (AvgIpc) is 2.38. The Balaban J connectivity index is 2.01. The van der Waals surface area contributed by atoms with Gasteiger partial charge in [0.1, 0.15) is 5.15 Å². The molecule has 1 heterocycles. The fourth-order valence-electron chi connectivity index (χ4n) is 1.89. The van der Waals surface area contributed by atoms with Crippen molar-refractivity contribution in [2.75, 3.05) is 6.61 Å². The number of nitrogens with zero attached hydrogens (tertiary/aromatic N) is 1. The van der Waals surface area contributed by atoms with Gasteiger partial charge < -0.3 is 4.74 Å². The van der Waals surface area contributed by atoms with E-state index in [-0.39, 0.29) is 17.8 Å². The Bertz CT molecular complexity index is 648. The van der Waals surface area contributed by atoms with Crippen LogP contribution in [0.5, 0.6) is 0 Å². The molecule has 1 N–H and O–H groups in total. The van der Waals surface area contributed by atoms with Crippen LogP contribution in [0.25, 0.3) is 0 Å². The molecule has 6 heteroatoms. The van der Waals surface area contributed by atoms with Crippen LogP contribution in [0.4, 0.5) is 0 Å². The van der Waals surface area contributed by atoms with Gasteiger partial charge in [-0.15, -0.1) is 0 Å². The van der Waals surface area contributed by atoms with E-state index in [9.17, 15) is 9.59 Å². The number of aromatic nitrogens is 2. The molecule has 0 aliphatic heterocycles. The van der Waals surface area contributed by atoms with E-state index < -0.39 is 11.2 Å². The maximum Gasteiger partial charge on any atom is 0.329 e. The lowest BCUT2D eigenvalue weighted by Crippen LogP contribution is -2.38. The number of aromatic amines is 1. The molecule has 0 fully saturated rings. The van der Waals surface area contributed by atoms with Crippen LogP contribution in [0.2, 0.25) is 5.15 Å². The SMILES string of the molecule is CC(COCc1ccccc1)n1c(=O)cc(Cl)[nH]c1=O. The summed E-state index contributed by atoms with van der Waals surface area (Å²) in [5.74, 6) is 0. The number of benzene rings is 1. The molecule has 0 saturated heterocycles. The fraction of sp³-hybridized carbons (Fsp3) is 0.286. The summed E-state index contributed by atoms with van der Waals surface area (Å²) in [7, 11) is 0. The van der Waals surface area contributed by atoms with E-state index in [0.29, 0.717) is 6.61 Å². The van der Waals surface area contributed by atoms with E-state index in [1.165, 1.54) is 6.07 Å². The second kappa shape index (κ2) is 6.54. The van der Waals surface area contributed by atoms with Crippen molar-refractivity contribution in [1.82, 2.24) is 9.55 Å². The third kappa shape index (κ3) is 3.59. The summed E-state index contributed by atoms with van der Waals surface area (Å²) in [5, 5.41) is 0.0358. The highest BCUT2D eigenvalue weighted by Gasteiger charge is 2.11. The number of hydrogen-bond donors (Lipinski definition) is 1. The predicted molar refractivity (Wildman–Crippen MR) is 77.1 cm³/mol. The molecule has 0 bridgehead atoms. The Kier molecular flexibility index (Phi) is 4.76. The first-order valence-corrected chi connectivity index (χ1v) is 6.59. The normalized spacial score (nSPS) is 12.3. The smallest absolute Gasteiger partial charge is 0.329 e. The van der Waals surface area contributed by atoms with Crippen molar-refractivity contribution < 1.29 is 4.74 Å². The molecule has 0 aliphatic rings. The molecule has 0 saturated carbocycles. The van der Waals surface area contributed by atoms with Crippen molar-refractivity contribution in [3.63, 3.8) is 0 Å². The van der Waals surface area contributed by atoms with Gasteiger partial charge in [0.05, 0.1) is 19.3 Å². The highest BCUT2D eigenvalue weighted by molar-refractivity contribution is 6.29. The van der Waals surface area contributed by atoms with Crippen LogP contribution in [0, 0.1) is 0 Å². The molecular formula is C14H15ClN2O3. The standard InChI is InChI=1S/C14H15ClN2O3/c1-10(8-20-9-11-5-3-2-4-6-11)17-13(18)7-12(15)16-14(17)19/h2-7,10H,8-9H2,1H3,(H,16,19). The van der Waals surface area contributed by atoms with Gasteiger partial charge in [0.25, 0.3) is 5.56 Å². The van der Waals surface area contributed by atoms with Gasteiger partial charge in [-0.2, -0.15) is 0 Å². The number of rotatable bonds is 5. The lowest BCUT2D eigenvalue weighted by atomic mass is 10.2. The number of H-pyrrole nitrogens is 1. The van der Waals surface area contributed by atoms with Crippen LogP contribution in [-0.2, 0) is 11.3 Å². The monoisotopic (exact) mass is 294 g/mol. The largest absolute Gasteiger partial charge is 0.375 e. The van der Waals surface area contributed by atoms with Crippen LogP contribution in [0.15, 0.2) is 46.0 Å². The molecule has 0 spiro atoms. The van der Waals surface area contributed by atoms with E-state index in [1.54, 1.807) is 6.92 Å². The van der Waals surface area contributed by atoms with Crippen LogP contribution in [0.1, 0.15) is 18.5 Å². The molecule has 0 radical (unpaired) electrons. The maximum atomic E-state index is 11.7. The van der Waals surface area contributed by atoms with E-state index in [2.05, 4.69) is 4.98 Å². The minimum Gasteiger partial charge on any atom is -0.375 e. The second-order valence-electron chi connectivity index (χ2n) is 4.48. The molecule has 106 valence electrons. The molecule has 0 aliphatic carbocycles. The van der Waals surface area contributed by atoms with Gasteiger partial charge in [-0.3, -0.25) is 14.3 Å². The van der Waals surface area contributed by atoms with Crippen molar-refractivity contribution >= 4 is 11.6 Å². The Morgan fingerprint density at radius 1 is 1.30 bits per heavy atom. The molecule has 1 aromatic carbocycles. The van der Waals surface area contributed by atoms with Gasteiger partial charge in [-0.1, -0.05) is 41.9 Å². The summed E-state index contributed by atoms with van der Waals surface area (Å²) in [6.07, 6.45) is 0. The van der Waals surface area contributed by atoms with E-state index >= 15 is 0 Å². The van der Waals surface area contributed by atoms with Crippen LogP contribution in [0.3, 0.4) is 0 Å². The third-order valence-corrected chi connectivity index (χ3v) is 3.05. The van der Waals surface area contributed by atoms with Crippen molar-refractivity contribution in [1.29, 1.82) is 0 Å². The average molecular weight is 295 g/mol. The first-order chi connectivity index (χ1) is 9.58. The van der Waals surface area contributed by atoms with E-state index in [4.69, 9.17) is 16.3 Å². The summed E-state index contributed by atoms with van der Waals surface area (Å²) < 4.78 is 6.62. The molecular weight excluding hydrogens is 280 g/mol. The fourth-order valence-corrected chi connectivity index (χ4v) is 2.06. The lowest BCUT2D eigenvalue weighted by Gasteiger charge is -2.14. The van der Waals surface area contributed by atoms with E-state index in [0.717, 1.165) is 10.1 Å². The van der Waals surface area contributed by atoms with E-state index in [1.807, 2.05) is 30.3 Å². The molecule has 1 atom stereocenters. The van der Waals surface area contributed by atoms with Crippen molar-refractivity contribution in [2.45, 2.75) is 19.6 Å². The zero-order valence-electron chi connectivity index (χ0n) is 11.0. The van der Waals surface area contributed by atoms with Gasteiger partial charge in [0.2, 0.25) is 0 Å². The molecule has 1 unspecified atom stereocenters. The highest BCUT2D eigenvalue weighted by Crippen LogP contribution is 2.05. The van der Waals surface area contributed by atoms with Crippen LogP contribution >= 0.6 is 11.6 Å². The number of hydrogen-bond acceptors (Lipinski definition) is 3. The predicted octanol–water partition coefficient (Wildman–Crippen LogP) is 1.97. The summed E-state index contributed by atoms with van der Waals surface area (Å²) in [6, 6.07) is 10.5. The third-order valence-electron chi connectivity index (χ3n) is 2.84. The zero-order valence-corrected chi connectivity index (χ0v) is 11.8. The lowest BCUT2D eigenvalue weighted by molar-refractivity contribution is 0.0926.